The van der Waals surface area contributed by atoms with E-state index in [2.05, 4.69) is 4.98 Å². The van der Waals surface area contributed by atoms with E-state index in [1.165, 1.54) is 12.1 Å². The number of nitrogens with one attached hydrogen (secondary N) is 1. The van der Waals surface area contributed by atoms with Crippen molar-refractivity contribution >= 4 is 33.2 Å². The smallest absolute Gasteiger partial charge is 0.125 e. The Bertz CT molecular complexity index is 684. The van der Waals surface area contributed by atoms with E-state index in [-0.39, 0.29) is 11.5 Å². The van der Waals surface area contributed by atoms with E-state index in [9.17, 15) is 10.2 Å². The van der Waals surface area contributed by atoms with Gasteiger partial charge in [-0.3, -0.25) is 0 Å². The molecule has 3 aromatic rings. The van der Waals surface area contributed by atoms with Gasteiger partial charge in [0.05, 0.1) is 33.2 Å². The standard InChI is InChI=1S/C12H11N3O2/c13-5-1-3-7(16)9-10-8(17)4-2-6(14)12(10)15-11(5)9/h1-4,15-17H,13-14H2. The average molecular weight is 229 g/mol. The maximum atomic E-state index is 9.87. The van der Waals surface area contributed by atoms with Gasteiger partial charge in [0, 0.05) is 0 Å². The van der Waals surface area contributed by atoms with Gasteiger partial charge in [0.15, 0.2) is 0 Å². The van der Waals surface area contributed by atoms with Crippen LogP contribution in [-0.2, 0) is 0 Å². The predicted molar refractivity (Wildman–Crippen MR) is 68.0 cm³/mol. The van der Waals surface area contributed by atoms with Crippen molar-refractivity contribution in [1.29, 1.82) is 0 Å². The summed E-state index contributed by atoms with van der Waals surface area (Å²) in [5.41, 5.74) is 13.8. The van der Waals surface area contributed by atoms with Crippen LogP contribution in [0.15, 0.2) is 24.3 Å². The summed E-state index contributed by atoms with van der Waals surface area (Å²) < 4.78 is 0. The van der Waals surface area contributed by atoms with E-state index in [0.29, 0.717) is 33.2 Å². The Morgan fingerprint density at radius 1 is 0.765 bits per heavy atom. The van der Waals surface area contributed by atoms with Crippen LogP contribution in [0.25, 0.3) is 21.8 Å². The van der Waals surface area contributed by atoms with Crippen molar-refractivity contribution in [3.05, 3.63) is 24.3 Å². The van der Waals surface area contributed by atoms with Crippen molar-refractivity contribution in [2.45, 2.75) is 0 Å². The number of nitrogens with two attached hydrogens (primary N) is 2. The van der Waals surface area contributed by atoms with Crippen molar-refractivity contribution in [2.24, 2.45) is 0 Å². The maximum absolute atomic E-state index is 9.87. The molecule has 5 nitrogen and oxygen atoms in total. The minimum atomic E-state index is 0.0568. The summed E-state index contributed by atoms with van der Waals surface area (Å²) in [6.07, 6.45) is 0. The number of hydrogen-bond acceptors (Lipinski definition) is 4. The number of rotatable bonds is 0. The highest BCUT2D eigenvalue weighted by Crippen LogP contribution is 2.41. The summed E-state index contributed by atoms with van der Waals surface area (Å²) in [5, 5.41) is 20.7. The van der Waals surface area contributed by atoms with Gasteiger partial charge < -0.3 is 26.7 Å². The van der Waals surface area contributed by atoms with Gasteiger partial charge in [-0.1, -0.05) is 0 Å². The molecule has 0 fully saturated rings. The van der Waals surface area contributed by atoms with Crippen LogP contribution in [0.3, 0.4) is 0 Å². The average Bonchev–Trinajstić information content (AvgIpc) is 2.71. The highest BCUT2D eigenvalue weighted by Gasteiger charge is 2.15. The highest BCUT2D eigenvalue weighted by atomic mass is 16.3. The molecule has 0 spiro atoms. The summed E-state index contributed by atoms with van der Waals surface area (Å²) in [6, 6.07) is 6.18. The van der Waals surface area contributed by atoms with Crippen LogP contribution in [0, 0.1) is 0 Å². The quantitative estimate of drug-likeness (QED) is 0.299. The summed E-state index contributed by atoms with van der Waals surface area (Å²) in [6.45, 7) is 0. The van der Waals surface area contributed by atoms with Crippen molar-refractivity contribution in [3.63, 3.8) is 0 Å². The molecule has 0 bridgehead atoms. The Labute approximate surface area is 96.3 Å². The number of benzene rings is 2. The second-order valence-electron chi connectivity index (χ2n) is 3.97. The van der Waals surface area contributed by atoms with E-state index >= 15 is 0 Å². The second kappa shape index (κ2) is 2.98. The molecule has 0 radical (unpaired) electrons. The molecule has 0 amide bonds. The van der Waals surface area contributed by atoms with Gasteiger partial charge in [0.2, 0.25) is 0 Å². The third-order valence-corrected chi connectivity index (χ3v) is 2.93. The summed E-state index contributed by atoms with van der Waals surface area (Å²) in [5.74, 6) is 0.114. The molecule has 0 aliphatic rings. The molecule has 1 aromatic heterocycles. The minimum Gasteiger partial charge on any atom is -0.507 e. The fourth-order valence-corrected chi connectivity index (χ4v) is 2.12. The van der Waals surface area contributed by atoms with E-state index in [0.717, 1.165) is 0 Å². The van der Waals surface area contributed by atoms with Gasteiger partial charge in [-0.15, -0.1) is 0 Å². The van der Waals surface area contributed by atoms with E-state index < -0.39 is 0 Å². The zero-order valence-corrected chi connectivity index (χ0v) is 8.86. The van der Waals surface area contributed by atoms with Crippen LogP contribution in [0.1, 0.15) is 0 Å². The fourth-order valence-electron chi connectivity index (χ4n) is 2.12. The van der Waals surface area contributed by atoms with Crippen molar-refractivity contribution < 1.29 is 10.2 Å². The Kier molecular flexibility index (Phi) is 1.69. The van der Waals surface area contributed by atoms with Gasteiger partial charge in [0.1, 0.15) is 11.5 Å². The number of H-pyrrole nitrogens is 1. The normalized spacial score (nSPS) is 11.3. The Morgan fingerprint density at radius 3 is 1.59 bits per heavy atom. The van der Waals surface area contributed by atoms with Gasteiger partial charge in [-0.2, -0.15) is 0 Å². The van der Waals surface area contributed by atoms with Crippen LogP contribution in [-0.4, -0.2) is 15.2 Å². The van der Waals surface area contributed by atoms with Crippen LogP contribution >= 0.6 is 0 Å². The number of phenolic OH excluding ortho intramolecular Hbond substituents is 2. The molecule has 2 aromatic carbocycles. The lowest BCUT2D eigenvalue weighted by atomic mass is 10.1. The zero-order chi connectivity index (χ0) is 12.2. The molecule has 0 aliphatic carbocycles. The first-order valence-corrected chi connectivity index (χ1v) is 5.10. The first-order chi connectivity index (χ1) is 8.09. The Morgan fingerprint density at radius 2 is 1.18 bits per heavy atom. The Balaban J connectivity index is 2.69. The molecule has 1 heterocycles. The Hall–Kier alpha value is -2.56. The number of aromatic hydroxyl groups is 2. The number of aromatic nitrogens is 1. The fraction of sp³-hybridized carbons (Fsp3) is 0. The van der Waals surface area contributed by atoms with E-state index in [4.69, 9.17) is 11.5 Å². The molecule has 0 saturated heterocycles. The lowest BCUT2D eigenvalue weighted by molar-refractivity contribution is 0.477. The SMILES string of the molecule is Nc1ccc(O)c2c1[nH]c1c(N)ccc(O)c12. The van der Waals surface area contributed by atoms with Crippen molar-refractivity contribution in [3.8, 4) is 11.5 Å². The van der Waals surface area contributed by atoms with Crippen LogP contribution in [0.5, 0.6) is 11.5 Å². The van der Waals surface area contributed by atoms with Gasteiger partial charge in [-0.25, -0.2) is 0 Å². The molecule has 5 heteroatoms. The summed E-state index contributed by atoms with van der Waals surface area (Å²) >= 11 is 0. The number of nitrogen functional groups attached to an aromatic ring is 2. The molecule has 0 saturated carbocycles. The molecule has 17 heavy (non-hydrogen) atoms. The lowest BCUT2D eigenvalue weighted by Crippen LogP contribution is -1.86. The third kappa shape index (κ3) is 1.13. The third-order valence-electron chi connectivity index (χ3n) is 2.93. The maximum Gasteiger partial charge on any atom is 0.125 e. The van der Waals surface area contributed by atoms with Crippen LogP contribution < -0.4 is 11.5 Å². The molecular formula is C12H11N3O2. The zero-order valence-electron chi connectivity index (χ0n) is 8.86. The first-order valence-electron chi connectivity index (χ1n) is 5.10. The number of fused-ring (bicyclic) bond motifs is 3. The summed E-state index contributed by atoms with van der Waals surface area (Å²) in [4.78, 5) is 3.03. The topological polar surface area (TPSA) is 108 Å². The largest absolute Gasteiger partial charge is 0.507 e. The predicted octanol–water partition coefficient (Wildman–Crippen LogP) is 1.90. The molecule has 0 aliphatic heterocycles. The van der Waals surface area contributed by atoms with Gasteiger partial charge in [0.25, 0.3) is 0 Å². The first kappa shape index (κ1) is 9.65. The molecule has 7 N–H and O–H groups in total. The van der Waals surface area contributed by atoms with Crippen molar-refractivity contribution in [1.82, 2.24) is 4.98 Å². The van der Waals surface area contributed by atoms with Gasteiger partial charge in [-0.05, 0) is 24.3 Å². The van der Waals surface area contributed by atoms with Gasteiger partial charge >= 0.3 is 0 Å². The van der Waals surface area contributed by atoms with Crippen LogP contribution in [0.4, 0.5) is 11.4 Å². The van der Waals surface area contributed by atoms with E-state index in [1.54, 1.807) is 12.1 Å². The molecule has 86 valence electrons. The number of aromatic amines is 1. The van der Waals surface area contributed by atoms with Crippen molar-refractivity contribution in [2.75, 3.05) is 11.5 Å². The highest BCUT2D eigenvalue weighted by molar-refractivity contribution is 6.18. The minimum absolute atomic E-state index is 0.0568. The summed E-state index contributed by atoms with van der Waals surface area (Å²) in [7, 11) is 0. The molecule has 0 atom stereocenters. The molecular weight excluding hydrogens is 218 g/mol. The number of phenols is 2. The second-order valence-corrected chi connectivity index (χ2v) is 3.97. The monoisotopic (exact) mass is 229 g/mol. The molecule has 0 unspecified atom stereocenters. The van der Waals surface area contributed by atoms with Crippen LogP contribution in [0.2, 0.25) is 0 Å². The number of anilines is 2. The van der Waals surface area contributed by atoms with E-state index in [1.807, 2.05) is 0 Å². The number of hydrogen-bond donors (Lipinski definition) is 5. The molecule has 3 rings (SSSR count). The lowest BCUT2D eigenvalue weighted by Gasteiger charge is -2.00.